The largest absolute Gasteiger partial charge is 1.00 e. The van der Waals surface area contributed by atoms with E-state index in [4.69, 9.17) is 0 Å². The number of benzene rings is 1. The van der Waals surface area contributed by atoms with Gasteiger partial charge in [-0.3, -0.25) is 0 Å². The summed E-state index contributed by atoms with van der Waals surface area (Å²) in [5.41, 5.74) is 3.72. The zero-order chi connectivity index (χ0) is 11.4. The van der Waals surface area contributed by atoms with Crippen molar-refractivity contribution in [2.24, 2.45) is 7.05 Å². The minimum Gasteiger partial charge on any atom is -1.00 e. The molecule has 0 N–H and O–H groups in total. The number of pyridine rings is 1. The highest BCUT2D eigenvalue weighted by molar-refractivity contribution is 5.66. The molecule has 0 unspecified atom stereocenters. The first-order valence-corrected chi connectivity index (χ1v) is 5.45. The molecule has 0 aliphatic carbocycles. The molecule has 88 valence electrons. The summed E-state index contributed by atoms with van der Waals surface area (Å²) in [7, 11) is 2.05. The first-order chi connectivity index (χ1) is 7.75. The normalized spacial score (nSPS) is 10.2. The average Bonchev–Trinajstić information content (AvgIpc) is 2.30. The van der Waals surface area contributed by atoms with Crippen molar-refractivity contribution in [1.29, 1.82) is 0 Å². The second-order valence-electron chi connectivity index (χ2n) is 3.98. The van der Waals surface area contributed by atoms with Gasteiger partial charge in [-0.25, -0.2) is 4.57 Å². The van der Waals surface area contributed by atoms with E-state index in [2.05, 4.69) is 73.3 Å². The minimum absolute atomic E-state index is 0. The number of hydrogen-bond acceptors (Lipinski definition) is 0. The van der Waals surface area contributed by atoms with Gasteiger partial charge in [-0.05, 0) is 24.6 Å². The molecule has 0 bridgehead atoms. The van der Waals surface area contributed by atoms with Crippen molar-refractivity contribution in [2.45, 2.75) is 6.92 Å². The number of rotatable bonds is 2. The van der Waals surface area contributed by atoms with E-state index in [-0.39, 0.29) is 24.0 Å². The van der Waals surface area contributed by atoms with Gasteiger partial charge in [0.1, 0.15) is 7.05 Å². The summed E-state index contributed by atoms with van der Waals surface area (Å²) in [5.74, 6) is 0. The smallest absolute Gasteiger partial charge is 0.204 e. The van der Waals surface area contributed by atoms with Gasteiger partial charge in [0.05, 0.1) is 0 Å². The molecule has 0 aliphatic rings. The van der Waals surface area contributed by atoms with Crippen LogP contribution >= 0.6 is 0 Å². The van der Waals surface area contributed by atoms with Crippen LogP contribution < -0.4 is 28.5 Å². The van der Waals surface area contributed by atoms with Crippen LogP contribution in [0.5, 0.6) is 0 Å². The number of nitrogens with zero attached hydrogens (tertiary/aromatic N) is 1. The van der Waals surface area contributed by atoms with E-state index in [1.54, 1.807) is 0 Å². The summed E-state index contributed by atoms with van der Waals surface area (Å²) < 4.78 is 2.10. The first kappa shape index (κ1) is 13.9. The zero-order valence-electron chi connectivity index (χ0n) is 10.1. The minimum atomic E-state index is 0. The van der Waals surface area contributed by atoms with Gasteiger partial charge in [0.25, 0.3) is 0 Å². The molecular weight excluding hydrogens is 321 g/mol. The van der Waals surface area contributed by atoms with Crippen LogP contribution in [0.4, 0.5) is 0 Å². The maximum atomic E-state index is 2.13. The number of halogens is 1. The quantitative estimate of drug-likeness (QED) is 0.536. The topological polar surface area (TPSA) is 3.88 Å². The van der Waals surface area contributed by atoms with Gasteiger partial charge in [0.2, 0.25) is 5.69 Å². The van der Waals surface area contributed by atoms with Crippen molar-refractivity contribution in [1.82, 2.24) is 0 Å². The highest BCUT2D eigenvalue weighted by Gasteiger charge is 1.98. The Labute approximate surface area is 120 Å². The van der Waals surface area contributed by atoms with Gasteiger partial charge in [0.15, 0.2) is 6.20 Å². The Kier molecular flexibility index (Phi) is 5.35. The predicted octanol–water partition coefficient (Wildman–Crippen LogP) is -0.00608. The molecule has 0 atom stereocenters. The van der Waals surface area contributed by atoms with Crippen LogP contribution in [0.1, 0.15) is 16.8 Å². The Morgan fingerprint density at radius 3 is 2.29 bits per heavy atom. The van der Waals surface area contributed by atoms with Gasteiger partial charge in [-0.2, -0.15) is 0 Å². The van der Waals surface area contributed by atoms with Crippen molar-refractivity contribution >= 4 is 12.2 Å². The molecule has 2 rings (SSSR count). The standard InChI is InChI=1S/C15H16N.HI/c1-13-6-8-14(9-7-13)10-11-15-5-3-4-12-16(15)2;/h3-12H,1-2H3;1H/q+1;/p-1/b11-10+;. The fraction of sp³-hybridized carbons (Fsp3) is 0.133. The highest BCUT2D eigenvalue weighted by Crippen LogP contribution is 2.07. The molecule has 2 aromatic rings. The third-order valence-corrected chi connectivity index (χ3v) is 2.62. The fourth-order valence-electron chi connectivity index (χ4n) is 1.57. The summed E-state index contributed by atoms with van der Waals surface area (Å²) in [6, 6.07) is 14.7. The third kappa shape index (κ3) is 3.97. The Morgan fingerprint density at radius 2 is 1.65 bits per heavy atom. The molecule has 0 radical (unpaired) electrons. The predicted molar refractivity (Wildman–Crippen MR) is 67.7 cm³/mol. The van der Waals surface area contributed by atoms with E-state index in [9.17, 15) is 0 Å². The first-order valence-electron chi connectivity index (χ1n) is 5.45. The van der Waals surface area contributed by atoms with E-state index in [0.29, 0.717) is 0 Å². The second-order valence-corrected chi connectivity index (χ2v) is 3.98. The van der Waals surface area contributed by atoms with Crippen molar-refractivity contribution in [2.75, 3.05) is 0 Å². The summed E-state index contributed by atoms with van der Waals surface area (Å²) >= 11 is 0. The zero-order valence-corrected chi connectivity index (χ0v) is 12.3. The van der Waals surface area contributed by atoms with Crippen LogP contribution in [0, 0.1) is 6.92 Å². The molecular formula is C15H16IN. The van der Waals surface area contributed by atoms with E-state index in [0.717, 1.165) is 0 Å². The molecule has 0 saturated heterocycles. The number of aromatic nitrogens is 1. The number of aryl methyl sites for hydroxylation is 2. The van der Waals surface area contributed by atoms with Gasteiger partial charge < -0.3 is 24.0 Å². The monoisotopic (exact) mass is 337 g/mol. The lowest BCUT2D eigenvalue weighted by Crippen LogP contribution is -3.00. The van der Waals surface area contributed by atoms with E-state index in [1.807, 2.05) is 6.07 Å². The molecule has 0 aliphatic heterocycles. The Morgan fingerprint density at radius 1 is 0.941 bits per heavy atom. The molecule has 0 spiro atoms. The SMILES string of the molecule is Cc1ccc(/C=C/c2cccc[n+]2C)cc1.[I-]. The second kappa shape index (κ2) is 6.55. The van der Waals surface area contributed by atoms with Crippen molar-refractivity contribution < 1.29 is 28.5 Å². The van der Waals surface area contributed by atoms with Gasteiger partial charge >= 0.3 is 0 Å². The summed E-state index contributed by atoms with van der Waals surface area (Å²) in [4.78, 5) is 0. The highest BCUT2D eigenvalue weighted by atomic mass is 127. The average molecular weight is 337 g/mol. The molecule has 1 nitrogen and oxygen atoms in total. The van der Waals surface area contributed by atoms with Gasteiger partial charge in [0, 0.05) is 18.2 Å². The lowest BCUT2D eigenvalue weighted by molar-refractivity contribution is -0.673. The summed E-state index contributed by atoms with van der Waals surface area (Å²) in [6.07, 6.45) is 6.31. The molecule has 1 aromatic heterocycles. The molecule has 0 amide bonds. The van der Waals surface area contributed by atoms with Crippen LogP contribution in [0.15, 0.2) is 48.7 Å². The molecule has 0 fully saturated rings. The van der Waals surface area contributed by atoms with E-state index >= 15 is 0 Å². The Hall–Kier alpha value is -1.16. The third-order valence-electron chi connectivity index (χ3n) is 2.62. The Balaban J connectivity index is 0.00000144. The van der Waals surface area contributed by atoms with Crippen LogP contribution in [-0.4, -0.2) is 0 Å². The maximum absolute atomic E-state index is 2.13. The number of hydrogen-bond donors (Lipinski definition) is 0. The van der Waals surface area contributed by atoms with Crippen LogP contribution in [0.2, 0.25) is 0 Å². The lowest BCUT2D eigenvalue weighted by atomic mass is 10.1. The van der Waals surface area contributed by atoms with Crippen LogP contribution in [0.3, 0.4) is 0 Å². The van der Waals surface area contributed by atoms with E-state index < -0.39 is 0 Å². The van der Waals surface area contributed by atoms with Gasteiger partial charge in [-0.15, -0.1) is 0 Å². The van der Waals surface area contributed by atoms with Crippen LogP contribution in [0.25, 0.3) is 12.2 Å². The summed E-state index contributed by atoms with van der Waals surface area (Å²) in [6.45, 7) is 2.10. The molecule has 17 heavy (non-hydrogen) atoms. The van der Waals surface area contributed by atoms with E-state index in [1.165, 1.54) is 16.8 Å². The fourth-order valence-corrected chi connectivity index (χ4v) is 1.57. The van der Waals surface area contributed by atoms with Gasteiger partial charge in [-0.1, -0.05) is 29.8 Å². The van der Waals surface area contributed by atoms with Crippen molar-refractivity contribution in [3.05, 3.63) is 65.5 Å². The molecule has 0 saturated carbocycles. The maximum Gasteiger partial charge on any atom is 0.204 e. The molecule has 1 aromatic carbocycles. The lowest BCUT2D eigenvalue weighted by Gasteiger charge is -1.95. The van der Waals surface area contributed by atoms with Crippen molar-refractivity contribution in [3.8, 4) is 0 Å². The molecule has 2 heteroatoms. The summed E-state index contributed by atoms with van der Waals surface area (Å²) in [5, 5.41) is 0. The van der Waals surface area contributed by atoms with Crippen LogP contribution in [-0.2, 0) is 7.05 Å². The molecule has 1 heterocycles. The Bertz CT molecular complexity index is 501. The van der Waals surface area contributed by atoms with Crippen molar-refractivity contribution in [3.63, 3.8) is 0 Å².